The molecule has 0 spiro atoms. The number of carbonyl (C=O) groups excluding carboxylic acids is 1. The fourth-order valence-corrected chi connectivity index (χ4v) is 2.18. The fourth-order valence-electron chi connectivity index (χ4n) is 1.31. The molecule has 0 aliphatic rings. The molecule has 112 valence electrons. The summed E-state index contributed by atoms with van der Waals surface area (Å²) in [5.41, 5.74) is 0.719. The Morgan fingerprint density at radius 3 is 2.55 bits per heavy atom. The van der Waals surface area contributed by atoms with E-state index >= 15 is 0 Å². The van der Waals surface area contributed by atoms with Gasteiger partial charge in [-0.05, 0) is 32.0 Å². The maximum Gasteiger partial charge on any atom is 0.250 e. The minimum absolute atomic E-state index is 0.0364. The van der Waals surface area contributed by atoms with Crippen LogP contribution >= 0.6 is 11.6 Å². The van der Waals surface area contributed by atoms with Gasteiger partial charge in [0.15, 0.2) is 0 Å². The van der Waals surface area contributed by atoms with Crippen molar-refractivity contribution in [1.29, 1.82) is 0 Å². The summed E-state index contributed by atoms with van der Waals surface area (Å²) in [5, 5.41) is 2.80. The molecule has 0 aliphatic heterocycles. The Bertz CT molecular complexity index is 587. The van der Waals surface area contributed by atoms with Gasteiger partial charge in [0.25, 0.3) is 0 Å². The van der Waals surface area contributed by atoms with E-state index in [9.17, 15) is 13.2 Å². The van der Waals surface area contributed by atoms with Crippen LogP contribution in [0.4, 0.5) is 11.4 Å². The molecule has 0 radical (unpaired) electrons. The Balaban J connectivity index is 2.70. The van der Waals surface area contributed by atoms with Crippen LogP contribution in [0, 0.1) is 0 Å². The molecule has 0 aliphatic carbocycles. The molecule has 20 heavy (non-hydrogen) atoms. The van der Waals surface area contributed by atoms with E-state index in [0.29, 0.717) is 5.69 Å². The van der Waals surface area contributed by atoms with Crippen molar-refractivity contribution < 1.29 is 17.9 Å². The van der Waals surface area contributed by atoms with Gasteiger partial charge in [0.05, 0.1) is 23.1 Å². The average Bonchev–Trinajstić information content (AvgIpc) is 2.28. The van der Waals surface area contributed by atoms with Crippen LogP contribution in [0.15, 0.2) is 18.2 Å². The summed E-state index contributed by atoms with van der Waals surface area (Å²) in [4.78, 5) is 11.6. The number of halogens is 1. The zero-order valence-corrected chi connectivity index (χ0v) is 13.0. The predicted molar refractivity (Wildman–Crippen MR) is 79.6 cm³/mol. The number of rotatable bonds is 6. The van der Waals surface area contributed by atoms with E-state index < -0.39 is 10.0 Å². The van der Waals surface area contributed by atoms with Gasteiger partial charge >= 0.3 is 0 Å². The molecule has 1 amide bonds. The first kappa shape index (κ1) is 16.7. The van der Waals surface area contributed by atoms with E-state index in [2.05, 4.69) is 10.0 Å². The van der Waals surface area contributed by atoms with Crippen LogP contribution in [0.3, 0.4) is 0 Å². The van der Waals surface area contributed by atoms with Crippen molar-refractivity contribution in [3.8, 4) is 0 Å². The SMILES string of the molecule is CC(C)OCC(=O)Nc1ccc(NS(C)(=O)=O)c(Cl)c1. The normalized spacial score (nSPS) is 11.4. The third-order valence-electron chi connectivity index (χ3n) is 2.10. The van der Waals surface area contributed by atoms with Crippen LogP contribution < -0.4 is 10.0 Å². The van der Waals surface area contributed by atoms with Gasteiger partial charge in [-0.3, -0.25) is 9.52 Å². The second-order valence-corrected chi connectivity index (χ2v) is 6.63. The van der Waals surface area contributed by atoms with E-state index in [0.717, 1.165) is 6.26 Å². The van der Waals surface area contributed by atoms with Crippen molar-refractivity contribution >= 4 is 38.9 Å². The molecule has 0 fully saturated rings. The van der Waals surface area contributed by atoms with E-state index in [4.69, 9.17) is 16.3 Å². The highest BCUT2D eigenvalue weighted by atomic mass is 35.5. The number of hydrogen-bond donors (Lipinski definition) is 2. The molecule has 8 heteroatoms. The lowest BCUT2D eigenvalue weighted by molar-refractivity contribution is -0.121. The first-order chi connectivity index (χ1) is 9.17. The molecular weight excluding hydrogens is 304 g/mol. The Morgan fingerprint density at radius 1 is 1.40 bits per heavy atom. The number of benzene rings is 1. The maximum absolute atomic E-state index is 11.6. The molecule has 1 aromatic carbocycles. The largest absolute Gasteiger partial charge is 0.369 e. The zero-order valence-electron chi connectivity index (χ0n) is 11.4. The number of amides is 1. The molecule has 1 aromatic rings. The van der Waals surface area contributed by atoms with Crippen molar-refractivity contribution in [3.05, 3.63) is 23.2 Å². The monoisotopic (exact) mass is 320 g/mol. The molecular formula is C12H17ClN2O4S. The lowest BCUT2D eigenvalue weighted by Crippen LogP contribution is -2.20. The lowest BCUT2D eigenvalue weighted by atomic mass is 10.3. The number of sulfonamides is 1. The summed E-state index contributed by atoms with van der Waals surface area (Å²) in [6.07, 6.45) is 0.994. The van der Waals surface area contributed by atoms with Crippen molar-refractivity contribution in [2.45, 2.75) is 20.0 Å². The highest BCUT2D eigenvalue weighted by molar-refractivity contribution is 7.92. The molecule has 6 nitrogen and oxygen atoms in total. The second kappa shape index (κ2) is 6.92. The summed E-state index contributed by atoms with van der Waals surface area (Å²) in [6, 6.07) is 4.48. The Hall–Kier alpha value is -1.31. The quantitative estimate of drug-likeness (QED) is 0.840. The van der Waals surface area contributed by atoms with Gasteiger partial charge in [0.1, 0.15) is 6.61 Å². The van der Waals surface area contributed by atoms with E-state index in [1.54, 1.807) is 6.07 Å². The smallest absolute Gasteiger partial charge is 0.250 e. The van der Waals surface area contributed by atoms with Gasteiger partial charge in [-0.1, -0.05) is 11.6 Å². The summed E-state index contributed by atoms with van der Waals surface area (Å²) in [7, 11) is -3.40. The number of anilines is 2. The Labute approximate surface area is 123 Å². The molecule has 0 unspecified atom stereocenters. The predicted octanol–water partition coefficient (Wildman–Crippen LogP) is 2.08. The summed E-state index contributed by atoms with van der Waals surface area (Å²) < 4.78 is 29.6. The third-order valence-corrected chi connectivity index (χ3v) is 3.00. The van der Waals surface area contributed by atoms with Crippen LogP contribution in [-0.4, -0.2) is 33.3 Å². The van der Waals surface area contributed by atoms with Gasteiger partial charge in [0.2, 0.25) is 15.9 Å². The van der Waals surface area contributed by atoms with Crippen LogP contribution in [0.25, 0.3) is 0 Å². The number of carbonyl (C=O) groups is 1. The van der Waals surface area contributed by atoms with Crippen LogP contribution in [-0.2, 0) is 19.6 Å². The topological polar surface area (TPSA) is 84.5 Å². The molecule has 0 saturated heterocycles. The van der Waals surface area contributed by atoms with Crippen molar-refractivity contribution in [2.24, 2.45) is 0 Å². The molecule has 0 bridgehead atoms. The first-order valence-electron chi connectivity index (χ1n) is 5.86. The first-order valence-corrected chi connectivity index (χ1v) is 8.13. The van der Waals surface area contributed by atoms with Crippen molar-refractivity contribution in [1.82, 2.24) is 0 Å². The molecule has 1 rings (SSSR count). The standard InChI is InChI=1S/C12H17ClN2O4S/c1-8(2)19-7-12(16)14-9-4-5-11(10(13)6-9)15-20(3,17)18/h4-6,8,15H,7H2,1-3H3,(H,14,16). The molecule has 0 aromatic heterocycles. The molecule has 0 atom stereocenters. The summed E-state index contributed by atoms with van der Waals surface area (Å²) in [5.74, 6) is -0.307. The summed E-state index contributed by atoms with van der Waals surface area (Å²) >= 11 is 5.94. The summed E-state index contributed by atoms with van der Waals surface area (Å²) in [6.45, 7) is 3.60. The van der Waals surface area contributed by atoms with Crippen LogP contribution in [0.5, 0.6) is 0 Å². The van der Waals surface area contributed by atoms with Gasteiger partial charge in [0, 0.05) is 5.69 Å². The van der Waals surface area contributed by atoms with Gasteiger partial charge in [-0.15, -0.1) is 0 Å². The lowest BCUT2D eigenvalue weighted by Gasteiger charge is -2.10. The minimum atomic E-state index is -3.40. The molecule has 0 heterocycles. The van der Waals surface area contributed by atoms with E-state index in [1.165, 1.54) is 12.1 Å². The average molecular weight is 321 g/mol. The molecule has 2 N–H and O–H groups in total. The third kappa shape index (κ3) is 6.23. The number of hydrogen-bond acceptors (Lipinski definition) is 4. The van der Waals surface area contributed by atoms with Gasteiger partial charge in [-0.2, -0.15) is 0 Å². The minimum Gasteiger partial charge on any atom is -0.369 e. The Morgan fingerprint density at radius 2 is 2.05 bits per heavy atom. The fraction of sp³-hybridized carbons (Fsp3) is 0.417. The maximum atomic E-state index is 11.6. The van der Waals surface area contributed by atoms with E-state index in [1.807, 2.05) is 13.8 Å². The highest BCUT2D eigenvalue weighted by Crippen LogP contribution is 2.26. The molecule has 0 saturated carbocycles. The second-order valence-electron chi connectivity index (χ2n) is 4.48. The van der Waals surface area contributed by atoms with Crippen LogP contribution in [0.2, 0.25) is 5.02 Å². The number of ether oxygens (including phenoxy) is 1. The Kier molecular flexibility index (Phi) is 5.79. The van der Waals surface area contributed by atoms with Crippen molar-refractivity contribution in [2.75, 3.05) is 22.9 Å². The number of nitrogens with one attached hydrogen (secondary N) is 2. The zero-order chi connectivity index (χ0) is 15.3. The highest BCUT2D eigenvalue weighted by Gasteiger charge is 2.09. The van der Waals surface area contributed by atoms with Gasteiger partial charge < -0.3 is 10.1 Å². The van der Waals surface area contributed by atoms with Crippen LogP contribution in [0.1, 0.15) is 13.8 Å². The van der Waals surface area contributed by atoms with E-state index in [-0.39, 0.29) is 29.3 Å². The van der Waals surface area contributed by atoms with Crippen molar-refractivity contribution in [3.63, 3.8) is 0 Å². The van der Waals surface area contributed by atoms with Gasteiger partial charge in [-0.25, -0.2) is 8.42 Å².